The Morgan fingerprint density at radius 1 is 1.62 bits per heavy atom. The molecule has 0 bridgehead atoms. The quantitative estimate of drug-likeness (QED) is 0.466. The number of esters is 1. The summed E-state index contributed by atoms with van der Waals surface area (Å²) in [7, 11) is 0. The van der Waals surface area contributed by atoms with Crippen LogP contribution in [-0.2, 0) is 14.3 Å². The molecule has 0 aromatic heterocycles. The lowest BCUT2D eigenvalue weighted by Crippen LogP contribution is -2.54. The summed E-state index contributed by atoms with van der Waals surface area (Å²) in [6.07, 6.45) is 1.34. The Hall–Kier alpha value is -0.900. The Balaban J connectivity index is 2.55. The smallest absolute Gasteiger partial charge is 0.320 e. The van der Waals surface area contributed by atoms with Crippen molar-refractivity contribution < 1.29 is 14.3 Å². The number of morpholine rings is 1. The molecule has 0 radical (unpaired) electrons. The highest BCUT2D eigenvalue weighted by Crippen LogP contribution is 2.19. The van der Waals surface area contributed by atoms with Crippen molar-refractivity contribution in [1.82, 2.24) is 4.90 Å². The number of hydrogen-bond donors (Lipinski definition) is 0. The van der Waals surface area contributed by atoms with Crippen LogP contribution < -0.4 is 0 Å². The summed E-state index contributed by atoms with van der Waals surface area (Å²) in [4.78, 5) is 23.1. The van der Waals surface area contributed by atoms with E-state index in [1.165, 1.54) is 0 Å². The fraction of sp³-hybridized carbons (Fsp3) is 0.778. The zero-order valence-corrected chi connectivity index (χ0v) is 8.08. The van der Waals surface area contributed by atoms with Crippen molar-refractivity contribution in [1.29, 1.82) is 0 Å². The lowest BCUT2D eigenvalue weighted by molar-refractivity contribution is -0.160. The van der Waals surface area contributed by atoms with Crippen molar-refractivity contribution in [3.05, 3.63) is 0 Å². The summed E-state index contributed by atoms with van der Waals surface area (Å²) < 4.78 is 4.93. The van der Waals surface area contributed by atoms with E-state index in [1.807, 2.05) is 18.7 Å². The molecule has 0 unspecified atom stereocenters. The minimum absolute atomic E-state index is 0.142. The predicted molar refractivity (Wildman–Crippen MR) is 47.3 cm³/mol. The first-order valence-electron chi connectivity index (χ1n) is 4.40. The van der Waals surface area contributed by atoms with Gasteiger partial charge >= 0.3 is 5.97 Å². The molecule has 0 amide bonds. The molecular formula is C9H15NO3. The van der Waals surface area contributed by atoms with E-state index in [9.17, 15) is 9.59 Å². The van der Waals surface area contributed by atoms with Crippen molar-refractivity contribution in [2.45, 2.75) is 25.8 Å². The van der Waals surface area contributed by atoms with E-state index in [-0.39, 0.29) is 11.5 Å². The third-order valence-corrected chi connectivity index (χ3v) is 2.28. The van der Waals surface area contributed by atoms with Gasteiger partial charge in [0.25, 0.3) is 0 Å². The first-order valence-corrected chi connectivity index (χ1v) is 4.40. The second-order valence-electron chi connectivity index (χ2n) is 3.85. The van der Waals surface area contributed by atoms with Gasteiger partial charge in [-0.25, -0.2) is 0 Å². The highest BCUT2D eigenvalue weighted by atomic mass is 16.5. The number of nitrogens with zero attached hydrogens (tertiary/aromatic N) is 1. The fourth-order valence-corrected chi connectivity index (χ4v) is 1.35. The number of cyclic esters (lactones) is 1. The van der Waals surface area contributed by atoms with E-state index in [4.69, 9.17) is 4.74 Å². The monoisotopic (exact) mass is 185 g/mol. The van der Waals surface area contributed by atoms with Crippen LogP contribution in [-0.4, -0.2) is 42.4 Å². The molecule has 1 fully saturated rings. The molecule has 1 heterocycles. The number of hydrogen-bond acceptors (Lipinski definition) is 4. The molecule has 0 aromatic carbocycles. The van der Waals surface area contributed by atoms with Gasteiger partial charge in [-0.3, -0.25) is 9.69 Å². The number of aldehydes is 1. The van der Waals surface area contributed by atoms with Crippen LogP contribution in [0.1, 0.15) is 20.3 Å². The molecule has 13 heavy (non-hydrogen) atoms. The molecule has 0 aromatic rings. The van der Waals surface area contributed by atoms with Gasteiger partial charge in [-0.1, -0.05) is 0 Å². The maximum absolute atomic E-state index is 11.0. The van der Waals surface area contributed by atoms with Crippen LogP contribution in [0.2, 0.25) is 0 Å². The second-order valence-corrected chi connectivity index (χ2v) is 3.85. The molecule has 74 valence electrons. The topological polar surface area (TPSA) is 46.6 Å². The summed E-state index contributed by atoms with van der Waals surface area (Å²) in [6, 6.07) is 0. The number of ether oxygens (including phenoxy) is 1. The van der Waals surface area contributed by atoms with Gasteiger partial charge in [-0.15, -0.1) is 0 Å². The summed E-state index contributed by atoms with van der Waals surface area (Å²) in [6.45, 7) is 5.34. The molecule has 4 heteroatoms. The van der Waals surface area contributed by atoms with E-state index in [0.29, 0.717) is 26.1 Å². The second kappa shape index (κ2) is 3.87. The van der Waals surface area contributed by atoms with Crippen LogP contribution >= 0.6 is 0 Å². The van der Waals surface area contributed by atoms with E-state index < -0.39 is 0 Å². The van der Waals surface area contributed by atoms with Gasteiger partial charge < -0.3 is 9.53 Å². The molecule has 0 atom stereocenters. The molecule has 0 saturated carbocycles. The van der Waals surface area contributed by atoms with Gasteiger partial charge in [-0.2, -0.15) is 0 Å². The summed E-state index contributed by atoms with van der Waals surface area (Å²) in [5, 5.41) is 0. The average molecular weight is 185 g/mol. The lowest BCUT2D eigenvalue weighted by atomic mass is 10.0. The Bertz CT molecular complexity index is 213. The number of carbonyl (C=O) groups is 2. The van der Waals surface area contributed by atoms with Gasteiger partial charge in [0.15, 0.2) is 0 Å². The van der Waals surface area contributed by atoms with E-state index in [0.717, 1.165) is 6.29 Å². The summed E-state index contributed by atoms with van der Waals surface area (Å²) in [5.74, 6) is -0.203. The third kappa shape index (κ3) is 2.52. The average Bonchev–Trinajstić information content (AvgIpc) is 2.07. The van der Waals surface area contributed by atoms with Crippen molar-refractivity contribution >= 4 is 12.3 Å². The van der Waals surface area contributed by atoms with Crippen molar-refractivity contribution in [3.8, 4) is 0 Å². The molecule has 1 saturated heterocycles. The van der Waals surface area contributed by atoms with Crippen LogP contribution in [0.3, 0.4) is 0 Å². The minimum atomic E-state index is -0.203. The SMILES string of the molecule is CC1(C)COC(=O)CN1CCC=O. The summed E-state index contributed by atoms with van der Waals surface area (Å²) in [5.41, 5.74) is -0.142. The molecule has 1 rings (SSSR count). The van der Waals surface area contributed by atoms with Crippen molar-refractivity contribution in [3.63, 3.8) is 0 Å². The minimum Gasteiger partial charge on any atom is -0.463 e. The van der Waals surface area contributed by atoms with Crippen molar-refractivity contribution in [2.75, 3.05) is 19.7 Å². The molecule has 4 nitrogen and oxygen atoms in total. The maximum Gasteiger partial charge on any atom is 0.320 e. The van der Waals surface area contributed by atoms with Crippen LogP contribution in [0.5, 0.6) is 0 Å². The first-order chi connectivity index (χ1) is 6.06. The number of carbonyl (C=O) groups excluding carboxylic acids is 2. The Labute approximate surface area is 77.8 Å². The van der Waals surface area contributed by atoms with E-state index >= 15 is 0 Å². The molecular weight excluding hydrogens is 170 g/mol. The maximum atomic E-state index is 11.0. The Morgan fingerprint density at radius 3 is 2.92 bits per heavy atom. The first kappa shape index (κ1) is 10.2. The van der Waals surface area contributed by atoms with Gasteiger partial charge in [0.1, 0.15) is 12.9 Å². The summed E-state index contributed by atoms with van der Waals surface area (Å²) >= 11 is 0. The van der Waals surface area contributed by atoms with Crippen LogP contribution in [0.25, 0.3) is 0 Å². The van der Waals surface area contributed by atoms with Crippen molar-refractivity contribution in [2.24, 2.45) is 0 Å². The number of rotatable bonds is 3. The fourth-order valence-electron chi connectivity index (χ4n) is 1.35. The van der Waals surface area contributed by atoms with Crippen LogP contribution in [0.4, 0.5) is 0 Å². The molecule has 0 N–H and O–H groups in total. The normalized spacial score (nSPS) is 22.5. The predicted octanol–water partition coefficient (Wildman–Crippen LogP) is 0.213. The van der Waals surface area contributed by atoms with Gasteiger partial charge in [0.05, 0.1) is 12.1 Å². The lowest BCUT2D eigenvalue weighted by Gasteiger charge is -2.40. The molecule has 1 aliphatic rings. The third-order valence-electron chi connectivity index (χ3n) is 2.28. The molecule has 0 aliphatic carbocycles. The highest BCUT2D eigenvalue weighted by Gasteiger charge is 2.34. The molecule has 0 spiro atoms. The van der Waals surface area contributed by atoms with Gasteiger partial charge in [-0.05, 0) is 13.8 Å². The van der Waals surface area contributed by atoms with E-state index in [1.54, 1.807) is 0 Å². The Morgan fingerprint density at radius 2 is 2.31 bits per heavy atom. The van der Waals surface area contributed by atoms with Crippen LogP contribution in [0, 0.1) is 0 Å². The zero-order chi connectivity index (χ0) is 9.90. The van der Waals surface area contributed by atoms with E-state index in [2.05, 4.69) is 0 Å². The van der Waals surface area contributed by atoms with Gasteiger partial charge in [0, 0.05) is 13.0 Å². The van der Waals surface area contributed by atoms with Gasteiger partial charge in [0.2, 0.25) is 0 Å². The van der Waals surface area contributed by atoms with Crippen LogP contribution in [0.15, 0.2) is 0 Å². The highest BCUT2D eigenvalue weighted by molar-refractivity contribution is 5.72. The largest absolute Gasteiger partial charge is 0.463 e. The standard InChI is InChI=1S/C9H15NO3/c1-9(2)7-13-8(12)6-10(9)4-3-5-11/h5H,3-4,6-7H2,1-2H3. The Kier molecular flexibility index (Phi) is 3.03. The molecule has 1 aliphatic heterocycles. The zero-order valence-electron chi connectivity index (χ0n) is 8.08.